The van der Waals surface area contributed by atoms with Gasteiger partial charge in [-0.2, -0.15) is 0 Å². The van der Waals surface area contributed by atoms with Gasteiger partial charge in [0.05, 0.1) is 18.1 Å². The number of aryl methyl sites for hydroxylation is 1. The van der Waals surface area contributed by atoms with Crippen molar-refractivity contribution >= 4 is 21.6 Å². The number of nitrogens with one attached hydrogen (secondary N) is 1. The molecule has 1 aliphatic heterocycles. The zero-order valence-corrected chi connectivity index (χ0v) is 13.5. The zero-order chi connectivity index (χ0) is 16.2. The van der Waals surface area contributed by atoms with Crippen LogP contribution >= 0.6 is 0 Å². The Hall–Kier alpha value is -1.60. The number of hydrogen-bond acceptors (Lipinski definition) is 4. The predicted octanol–water partition coefficient (Wildman–Crippen LogP) is 1.26. The molecule has 0 radical (unpaired) electrons. The summed E-state index contributed by atoms with van der Waals surface area (Å²) in [5, 5.41) is 11.9. The lowest BCUT2D eigenvalue weighted by Gasteiger charge is -2.27. The maximum atomic E-state index is 12.4. The van der Waals surface area contributed by atoms with E-state index < -0.39 is 9.84 Å². The van der Waals surface area contributed by atoms with Crippen LogP contribution in [0.4, 0.5) is 10.5 Å². The number of amides is 2. The van der Waals surface area contributed by atoms with Crippen LogP contribution in [0.3, 0.4) is 0 Å². The number of anilines is 1. The first kappa shape index (κ1) is 16.8. The van der Waals surface area contributed by atoms with Crippen LogP contribution in [-0.2, 0) is 16.3 Å². The van der Waals surface area contributed by atoms with E-state index in [1.165, 1.54) is 4.90 Å². The molecular formula is C15H22N2O4S. The number of rotatable bonds is 5. The first-order valence-corrected chi connectivity index (χ1v) is 9.25. The predicted molar refractivity (Wildman–Crippen MR) is 85.7 cm³/mol. The maximum Gasteiger partial charge on any atom is 0.322 e. The van der Waals surface area contributed by atoms with Gasteiger partial charge in [0.1, 0.15) is 0 Å². The molecule has 0 spiro atoms. The van der Waals surface area contributed by atoms with Crippen LogP contribution in [-0.4, -0.2) is 55.2 Å². The number of urea groups is 1. The molecule has 122 valence electrons. The number of carbonyl (C=O) groups excluding carboxylic acids is 1. The Bertz CT molecular complexity index is 630. The van der Waals surface area contributed by atoms with Gasteiger partial charge in [0.15, 0.2) is 9.84 Å². The lowest BCUT2D eigenvalue weighted by Crippen LogP contribution is -2.45. The average Bonchev–Trinajstić information content (AvgIpc) is 2.84. The van der Waals surface area contributed by atoms with Crippen molar-refractivity contribution in [3.8, 4) is 0 Å². The van der Waals surface area contributed by atoms with Crippen LogP contribution in [0, 0.1) is 0 Å². The van der Waals surface area contributed by atoms with Gasteiger partial charge >= 0.3 is 6.03 Å². The molecule has 1 aromatic rings. The molecule has 7 heteroatoms. The lowest BCUT2D eigenvalue weighted by atomic mass is 10.1. The number of benzene rings is 1. The van der Waals surface area contributed by atoms with Gasteiger partial charge in [-0.25, -0.2) is 13.2 Å². The van der Waals surface area contributed by atoms with Gasteiger partial charge in [0.25, 0.3) is 0 Å². The van der Waals surface area contributed by atoms with Gasteiger partial charge in [0.2, 0.25) is 0 Å². The van der Waals surface area contributed by atoms with E-state index in [0.29, 0.717) is 12.1 Å². The standard InChI is InChI=1S/C15H22N2O4S/c1-2-12-4-3-5-13(10-12)16-15(19)17(7-8-18)14-6-9-22(20,21)11-14/h3-5,10,14,18H,2,6-9,11H2,1H3,(H,16,19)/t14-/m1/s1. The molecule has 0 saturated carbocycles. The van der Waals surface area contributed by atoms with Crippen LogP contribution in [0.25, 0.3) is 0 Å². The van der Waals surface area contributed by atoms with Gasteiger partial charge in [-0.3, -0.25) is 0 Å². The highest BCUT2D eigenvalue weighted by Gasteiger charge is 2.34. The molecule has 0 aliphatic carbocycles. The highest BCUT2D eigenvalue weighted by Crippen LogP contribution is 2.19. The molecule has 2 rings (SSSR count). The quantitative estimate of drug-likeness (QED) is 0.853. The Labute approximate surface area is 131 Å². The van der Waals surface area contributed by atoms with Crippen LogP contribution in [0.2, 0.25) is 0 Å². The minimum absolute atomic E-state index is 0.0323. The number of carbonyl (C=O) groups is 1. The van der Waals surface area contributed by atoms with Gasteiger partial charge in [-0.15, -0.1) is 0 Å². The number of aliphatic hydroxyl groups is 1. The minimum Gasteiger partial charge on any atom is -0.395 e. The van der Waals surface area contributed by atoms with E-state index in [0.717, 1.165) is 12.0 Å². The van der Waals surface area contributed by atoms with Gasteiger partial charge in [0, 0.05) is 18.3 Å². The second-order valence-corrected chi connectivity index (χ2v) is 7.69. The smallest absolute Gasteiger partial charge is 0.322 e. The number of hydrogen-bond donors (Lipinski definition) is 2. The summed E-state index contributed by atoms with van der Waals surface area (Å²) in [7, 11) is -3.08. The third kappa shape index (κ3) is 4.20. The number of sulfone groups is 1. The Balaban J connectivity index is 2.09. The number of nitrogens with zero attached hydrogens (tertiary/aromatic N) is 1. The van der Waals surface area contributed by atoms with Crippen molar-refractivity contribution in [3.63, 3.8) is 0 Å². The van der Waals surface area contributed by atoms with Crippen molar-refractivity contribution in [2.24, 2.45) is 0 Å². The molecule has 22 heavy (non-hydrogen) atoms. The van der Waals surface area contributed by atoms with E-state index in [2.05, 4.69) is 5.32 Å². The van der Waals surface area contributed by atoms with Gasteiger partial charge < -0.3 is 15.3 Å². The van der Waals surface area contributed by atoms with E-state index >= 15 is 0 Å². The van der Waals surface area contributed by atoms with Crippen molar-refractivity contribution in [1.82, 2.24) is 4.90 Å². The maximum absolute atomic E-state index is 12.4. The van der Waals surface area contributed by atoms with Crippen molar-refractivity contribution in [1.29, 1.82) is 0 Å². The summed E-state index contributed by atoms with van der Waals surface area (Å²) in [6.45, 7) is 1.96. The third-order valence-electron chi connectivity index (χ3n) is 3.84. The van der Waals surface area contributed by atoms with E-state index in [1.54, 1.807) is 6.07 Å². The monoisotopic (exact) mass is 326 g/mol. The summed E-state index contributed by atoms with van der Waals surface area (Å²) in [5.41, 5.74) is 1.78. The van der Waals surface area contributed by atoms with E-state index in [4.69, 9.17) is 5.11 Å². The van der Waals surface area contributed by atoms with Crippen molar-refractivity contribution in [2.45, 2.75) is 25.8 Å². The zero-order valence-electron chi connectivity index (χ0n) is 12.7. The molecule has 6 nitrogen and oxygen atoms in total. The van der Waals surface area contributed by atoms with Crippen molar-refractivity contribution in [3.05, 3.63) is 29.8 Å². The lowest BCUT2D eigenvalue weighted by molar-refractivity contribution is 0.169. The molecule has 1 aromatic carbocycles. The van der Waals surface area contributed by atoms with Gasteiger partial charge in [-0.1, -0.05) is 19.1 Å². The van der Waals surface area contributed by atoms with Crippen molar-refractivity contribution in [2.75, 3.05) is 30.0 Å². The molecule has 1 fully saturated rings. The summed E-state index contributed by atoms with van der Waals surface area (Å²) in [6, 6.07) is 6.78. The molecule has 1 saturated heterocycles. The van der Waals surface area contributed by atoms with Crippen LogP contribution in [0.15, 0.2) is 24.3 Å². The average molecular weight is 326 g/mol. The summed E-state index contributed by atoms with van der Waals surface area (Å²) >= 11 is 0. The second kappa shape index (κ2) is 7.11. The largest absolute Gasteiger partial charge is 0.395 e. The first-order valence-electron chi connectivity index (χ1n) is 7.43. The van der Waals surface area contributed by atoms with E-state index in [-0.39, 0.29) is 36.7 Å². The van der Waals surface area contributed by atoms with Crippen LogP contribution in [0.5, 0.6) is 0 Å². The molecule has 1 heterocycles. The Kier molecular flexibility index (Phi) is 5.42. The minimum atomic E-state index is -3.08. The fourth-order valence-corrected chi connectivity index (χ4v) is 4.37. The molecular weight excluding hydrogens is 304 g/mol. The highest BCUT2D eigenvalue weighted by molar-refractivity contribution is 7.91. The van der Waals surface area contributed by atoms with Crippen LogP contribution < -0.4 is 5.32 Å². The summed E-state index contributed by atoms with van der Waals surface area (Å²) in [5.74, 6) is 0.0631. The number of aliphatic hydroxyl groups excluding tert-OH is 1. The molecule has 2 amide bonds. The Morgan fingerprint density at radius 2 is 2.23 bits per heavy atom. The molecule has 0 aromatic heterocycles. The SMILES string of the molecule is CCc1cccc(NC(=O)N(CCO)[C@@H]2CCS(=O)(=O)C2)c1. The van der Waals surface area contributed by atoms with E-state index in [1.807, 2.05) is 25.1 Å². The fraction of sp³-hybridized carbons (Fsp3) is 0.533. The normalized spacial score (nSPS) is 19.8. The van der Waals surface area contributed by atoms with Crippen LogP contribution in [0.1, 0.15) is 18.9 Å². The molecule has 1 atom stereocenters. The summed E-state index contributed by atoms with van der Waals surface area (Å²) in [6.07, 6.45) is 1.29. The second-order valence-electron chi connectivity index (χ2n) is 5.46. The summed E-state index contributed by atoms with van der Waals surface area (Å²) < 4.78 is 23.2. The first-order chi connectivity index (χ1) is 10.4. The topological polar surface area (TPSA) is 86.7 Å². The van der Waals surface area contributed by atoms with Gasteiger partial charge in [-0.05, 0) is 30.5 Å². The Morgan fingerprint density at radius 3 is 2.82 bits per heavy atom. The summed E-state index contributed by atoms with van der Waals surface area (Å²) in [4.78, 5) is 13.8. The molecule has 2 N–H and O–H groups in total. The molecule has 1 aliphatic rings. The van der Waals surface area contributed by atoms with E-state index in [9.17, 15) is 13.2 Å². The molecule has 0 bridgehead atoms. The fourth-order valence-electron chi connectivity index (χ4n) is 2.64. The molecule has 0 unspecified atom stereocenters. The van der Waals surface area contributed by atoms with Crippen molar-refractivity contribution < 1.29 is 18.3 Å². The third-order valence-corrected chi connectivity index (χ3v) is 5.59. The highest BCUT2D eigenvalue weighted by atomic mass is 32.2. The Morgan fingerprint density at radius 1 is 1.45 bits per heavy atom.